The molecule has 0 saturated heterocycles. The molecule has 2 N–H and O–H groups in total. The number of sulfonamides is 1. The number of unbranched alkanes of at least 4 members (excludes halogenated alkanes) is 1. The second kappa shape index (κ2) is 6.13. The van der Waals surface area contributed by atoms with Crippen LogP contribution in [0.2, 0.25) is 0 Å². The fourth-order valence-electron chi connectivity index (χ4n) is 1.45. The van der Waals surface area contributed by atoms with Gasteiger partial charge in [-0.2, -0.15) is 0 Å². The first-order valence-electron chi connectivity index (χ1n) is 5.65. The maximum atomic E-state index is 11.8. The molecule has 0 aliphatic rings. The minimum absolute atomic E-state index is 0.0563. The van der Waals surface area contributed by atoms with Gasteiger partial charge in [0.15, 0.2) is 5.03 Å². The Labute approximate surface area is 102 Å². The predicted molar refractivity (Wildman–Crippen MR) is 64.1 cm³/mol. The van der Waals surface area contributed by atoms with Gasteiger partial charge in [-0.3, -0.25) is 0 Å². The van der Waals surface area contributed by atoms with Crippen molar-refractivity contribution in [3.8, 4) is 0 Å². The first kappa shape index (κ1) is 14.1. The van der Waals surface area contributed by atoms with Crippen LogP contribution in [0.1, 0.15) is 25.6 Å². The van der Waals surface area contributed by atoms with Crippen LogP contribution in [0.3, 0.4) is 0 Å². The zero-order valence-electron chi connectivity index (χ0n) is 10.2. The van der Waals surface area contributed by atoms with Gasteiger partial charge in [-0.15, -0.1) is 0 Å². The fraction of sp³-hybridized carbons (Fsp3) is 0.700. The van der Waals surface area contributed by atoms with Gasteiger partial charge in [0.25, 0.3) is 10.0 Å². The van der Waals surface area contributed by atoms with Gasteiger partial charge in [-0.05, 0) is 26.7 Å². The Kier molecular flexibility index (Phi) is 5.10. The summed E-state index contributed by atoms with van der Waals surface area (Å²) >= 11 is 0. The zero-order chi connectivity index (χ0) is 12.9. The first-order chi connectivity index (χ1) is 8.01. The van der Waals surface area contributed by atoms with E-state index in [0.717, 1.165) is 0 Å². The lowest BCUT2D eigenvalue weighted by Crippen LogP contribution is -2.25. The SMILES string of the molecule is CCn1cc(S(=O)(=O)NCCCCO)nc1C. The third-order valence-electron chi connectivity index (χ3n) is 2.45. The van der Waals surface area contributed by atoms with Gasteiger partial charge in [0, 0.05) is 25.9 Å². The van der Waals surface area contributed by atoms with Crippen LogP contribution in [0.15, 0.2) is 11.2 Å². The molecule has 0 aliphatic carbocycles. The summed E-state index contributed by atoms with van der Waals surface area (Å²) in [7, 11) is -3.52. The molecule has 1 aromatic rings. The molecule has 1 heterocycles. The average Bonchev–Trinajstić information content (AvgIpc) is 2.67. The highest BCUT2D eigenvalue weighted by Crippen LogP contribution is 2.08. The van der Waals surface area contributed by atoms with E-state index in [0.29, 0.717) is 31.8 Å². The Bertz CT molecular complexity index is 453. The van der Waals surface area contributed by atoms with Gasteiger partial charge >= 0.3 is 0 Å². The number of nitrogens with one attached hydrogen (secondary N) is 1. The van der Waals surface area contributed by atoms with E-state index in [4.69, 9.17) is 5.11 Å². The Morgan fingerprint density at radius 1 is 1.47 bits per heavy atom. The second-order valence-electron chi connectivity index (χ2n) is 3.74. The van der Waals surface area contributed by atoms with E-state index in [2.05, 4.69) is 9.71 Å². The molecule has 7 heteroatoms. The van der Waals surface area contributed by atoms with Gasteiger partial charge in [0.2, 0.25) is 0 Å². The Hall–Kier alpha value is -0.920. The molecule has 0 spiro atoms. The smallest absolute Gasteiger partial charge is 0.259 e. The van der Waals surface area contributed by atoms with Crippen LogP contribution in [0.5, 0.6) is 0 Å². The number of aliphatic hydroxyl groups excluding tert-OH is 1. The van der Waals surface area contributed by atoms with E-state index in [9.17, 15) is 8.42 Å². The van der Waals surface area contributed by atoms with Gasteiger partial charge in [0.1, 0.15) is 5.82 Å². The van der Waals surface area contributed by atoms with Crippen molar-refractivity contribution < 1.29 is 13.5 Å². The third-order valence-corrected chi connectivity index (χ3v) is 3.78. The van der Waals surface area contributed by atoms with Crippen LogP contribution in [0.4, 0.5) is 0 Å². The molecule has 0 bridgehead atoms. The maximum absolute atomic E-state index is 11.8. The fourth-order valence-corrected chi connectivity index (χ4v) is 2.53. The molecular formula is C10H19N3O3S. The van der Waals surface area contributed by atoms with Crippen molar-refractivity contribution in [3.63, 3.8) is 0 Å². The van der Waals surface area contributed by atoms with Crippen molar-refractivity contribution in [2.45, 2.75) is 38.3 Å². The second-order valence-corrected chi connectivity index (χ2v) is 5.45. The largest absolute Gasteiger partial charge is 0.396 e. The Balaban J connectivity index is 2.69. The van der Waals surface area contributed by atoms with Crippen molar-refractivity contribution in [2.75, 3.05) is 13.2 Å². The molecule has 6 nitrogen and oxygen atoms in total. The molecule has 0 unspecified atom stereocenters. The summed E-state index contributed by atoms with van der Waals surface area (Å²) < 4.78 is 27.9. The number of aryl methyl sites for hydroxylation is 2. The molecule has 0 aromatic carbocycles. The summed E-state index contributed by atoms with van der Waals surface area (Å²) in [6, 6.07) is 0. The van der Waals surface area contributed by atoms with Gasteiger partial charge in [-0.1, -0.05) is 0 Å². The number of rotatable bonds is 7. The summed E-state index contributed by atoms with van der Waals surface area (Å²) in [4.78, 5) is 4.02. The van der Waals surface area contributed by atoms with Gasteiger partial charge in [0.05, 0.1) is 0 Å². The Morgan fingerprint density at radius 2 is 2.18 bits per heavy atom. The highest BCUT2D eigenvalue weighted by atomic mass is 32.2. The monoisotopic (exact) mass is 261 g/mol. The van der Waals surface area contributed by atoms with E-state index >= 15 is 0 Å². The lowest BCUT2D eigenvalue weighted by atomic mass is 10.3. The molecule has 1 rings (SSSR count). The number of hydrogen-bond donors (Lipinski definition) is 2. The summed E-state index contributed by atoms with van der Waals surface area (Å²) in [5, 5.41) is 8.65. The highest BCUT2D eigenvalue weighted by Gasteiger charge is 2.17. The predicted octanol–water partition coefficient (Wildman–Crippen LogP) is 0.262. The maximum Gasteiger partial charge on any atom is 0.259 e. The first-order valence-corrected chi connectivity index (χ1v) is 7.14. The standard InChI is InChI=1S/C10H19N3O3S/c1-3-13-8-10(12-9(13)2)17(15,16)11-6-4-5-7-14/h8,11,14H,3-7H2,1-2H3. The molecule has 0 radical (unpaired) electrons. The summed E-state index contributed by atoms with van der Waals surface area (Å²) in [6.07, 6.45) is 2.73. The van der Waals surface area contributed by atoms with E-state index in [1.54, 1.807) is 11.5 Å². The third kappa shape index (κ3) is 3.79. The van der Waals surface area contributed by atoms with Crippen LogP contribution in [-0.2, 0) is 16.6 Å². The van der Waals surface area contributed by atoms with Gasteiger partial charge in [-0.25, -0.2) is 18.1 Å². The quantitative estimate of drug-likeness (QED) is 0.690. The lowest BCUT2D eigenvalue weighted by Gasteiger charge is -2.02. The summed E-state index contributed by atoms with van der Waals surface area (Å²) in [5.41, 5.74) is 0. The molecule has 0 atom stereocenters. The van der Waals surface area contributed by atoms with E-state index in [-0.39, 0.29) is 11.6 Å². The molecule has 17 heavy (non-hydrogen) atoms. The van der Waals surface area contributed by atoms with Crippen molar-refractivity contribution in [3.05, 3.63) is 12.0 Å². The normalized spacial score (nSPS) is 11.9. The van der Waals surface area contributed by atoms with E-state index in [1.807, 2.05) is 6.92 Å². The van der Waals surface area contributed by atoms with Crippen molar-refractivity contribution in [1.29, 1.82) is 0 Å². The van der Waals surface area contributed by atoms with Crippen molar-refractivity contribution in [2.24, 2.45) is 0 Å². The van der Waals surface area contributed by atoms with Crippen LogP contribution >= 0.6 is 0 Å². The number of aliphatic hydroxyl groups is 1. The number of nitrogens with zero attached hydrogens (tertiary/aromatic N) is 2. The van der Waals surface area contributed by atoms with Crippen LogP contribution in [0.25, 0.3) is 0 Å². The molecule has 0 saturated carbocycles. The van der Waals surface area contributed by atoms with E-state index < -0.39 is 10.0 Å². The topological polar surface area (TPSA) is 84.2 Å². The summed E-state index contributed by atoms with van der Waals surface area (Å²) in [5.74, 6) is 0.684. The van der Waals surface area contributed by atoms with Crippen LogP contribution < -0.4 is 4.72 Å². The number of imidazole rings is 1. The van der Waals surface area contributed by atoms with Crippen LogP contribution in [-0.4, -0.2) is 36.2 Å². The number of hydrogen-bond acceptors (Lipinski definition) is 4. The van der Waals surface area contributed by atoms with Crippen molar-refractivity contribution >= 4 is 10.0 Å². The molecular weight excluding hydrogens is 242 g/mol. The minimum Gasteiger partial charge on any atom is -0.396 e. The van der Waals surface area contributed by atoms with E-state index in [1.165, 1.54) is 6.20 Å². The molecule has 1 aromatic heterocycles. The molecule has 0 fully saturated rings. The highest BCUT2D eigenvalue weighted by molar-refractivity contribution is 7.89. The van der Waals surface area contributed by atoms with Gasteiger partial charge < -0.3 is 9.67 Å². The summed E-state index contributed by atoms with van der Waals surface area (Å²) in [6.45, 7) is 4.79. The number of aromatic nitrogens is 2. The van der Waals surface area contributed by atoms with Crippen LogP contribution in [0, 0.1) is 6.92 Å². The molecule has 0 amide bonds. The molecule has 0 aliphatic heterocycles. The lowest BCUT2D eigenvalue weighted by molar-refractivity contribution is 0.285. The Morgan fingerprint density at radius 3 is 2.71 bits per heavy atom. The zero-order valence-corrected chi connectivity index (χ0v) is 11.0. The average molecular weight is 261 g/mol. The van der Waals surface area contributed by atoms with Crippen molar-refractivity contribution in [1.82, 2.24) is 14.3 Å². The molecule has 98 valence electrons. The minimum atomic E-state index is -3.52.